The lowest BCUT2D eigenvalue weighted by Crippen LogP contribution is -2.54. The second-order valence-corrected chi connectivity index (χ2v) is 11.2. The number of H-pyrrole nitrogens is 1. The number of aliphatic hydroxyl groups excluding tert-OH is 2. The molecule has 0 spiro atoms. The molecule has 1 aliphatic carbocycles. The molecule has 0 unspecified atom stereocenters. The molecule has 2 saturated heterocycles. The molecule has 3 fully saturated rings. The minimum atomic E-state index is -0.448. The van der Waals surface area contributed by atoms with Gasteiger partial charge in [0.1, 0.15) is 5.75 Å². The van der Waals surface area contributed by atoms with Crippen molar-refractivity contribution in [1.29, 1.82) is 0 Å². The fraction of sp³-hybridized carbons (Fsp3) is 0.679. The Hall–Kier alpha value is -2.33. The number of fused-ring (bicyclic) bond motifs is 1. The summed E-state index contributed by atoms with van der Waals surface area (Å²) in [6.07, 6.45) is 5.52. The fourth-order valence-electron chi connectivity index (χ4n) is 5.79. The predicted octanol–water partition coefficient (Wildman–Crippen LogP) is 2.96. The number of nitrogens with zero attached hydrogens (tertiary/aromatic N) is 2. The van der Waals surface area contributed by atoms with Gasteiger partial charge in [-0.15, -0.1) is 0 Å². The van der Waals surface area contributed by atoms with Gasteiger partial charge in [0.05, 0.1) is 24.8 Å². The van der Waals surface area contributed by atoms with E-state index < -0.39 is 6.09 Å². The Balaban J connectivity index is 1.07. The number of aromatic amines is 1. The van der Waals surface area contributed by atoms with Gasteiger partial charge in [-0.3, -0.25) is 4.90 Å². The third-order valence-corrected chi connectivity index (χ3v) is 8.50. The number of rotatable bonds is 9. The van der Waals surface area contributed by atoms with Gasteiger partial charge in [-0.25, -0.2) is 4.79 Å². The highest BCUT2D eigenvalue weighted by Gasteiger charge is 2.31. The van der Waals surface area contributed by atoms with Gasteiger partial charge in [0.25, 0.3) is 0 Å². The van der Waals surface area contributed by atoms with Gasteiger partial charge in [-0.1, -0.05) is 19.4 Å². The average Bonchev–Trinajstić information content (AvgIpc) is 3.27. The zero-order valence-corrected chi connectivity index (χ0v) is 21.9. The summed E-state index contributed by atoms with van der Waals surface area (Å²) in [7, 11) is 0. The maximum absolute atomic E-state index is 12.6. The maximum atomic E-state index is 12.6. The van der Waals surface area contributed by atoms with E-state index >= 15 is 0 Å². The third kappa shape index (κ3) is 6.57. The number of hydrogen-bond donors (Lipinski definition) is 4. The first kappa shape index (κ1) is 26.3. The van der Waals surface area contributed by atoms with E-state index in [-0.39, 0.29) is 30.7 Å². The summed E-state index contributed by atoms with van der Waals surface area (Å²) in [5.41, 5.74) is 0.887. The van der Waals surface area contributed by atoms with E-state index in [9.17, 15) is 15.0 Å². The Kier molecular flexibility index (Phi) is 8.54. The first-order valence-corrected chi connectivity index (χ1v) is 14.0. The molecule has 4 N–H and O–H groups in total. The lowest BCUT2D eigenvalue weighted by molar-refractivity contribution is -0.00594. The van der Waals surface area contributed by atoms with Crippen LogP contribution in [0.15, 0.2) is 24.3 Å². The molecule has 1 aromatic heterocycles. The quantitative estimate of drug-likeness (QED) is 0.407. The van der Waals surface area contributed by atoms with Gasteiger partial charge in [-0.2, -0.15) is 0 Å². The van der Waals surface area contributed by atoms with E-state index in [4.69, 9.17) is 9.47 Å². The van der Waals surface area contributed by atoms with Crippen molar-refractivity contribution < 1.29 is 24.5 Å². The molecule has 9 nitrogen and oxygen atoms in total. The number of carbonyl (C=O) groups is 1. The Morgan fingerprint density at radius 3 is 2.70 bits per heavy atom. The van der Waals surface area contributed by atoms with Crippen molar-refractivity contribution in [2.75, 3.05) is 45.9 Å². The van der Waals surface area contributed by atoms with Crippen LogP contribution in [0.2, 0.25) is 0 Å². The number of piperidine rings is 2. The van der Waals surface area contributed by atoms with E-state index in [1.165, 1.54) is 19.3 Å². The highest BCUT2D eigenvalue weighted by atomic mass is 16.6. The number of nitrogens with one attached hydrogen (secondary N) is 2. The molecular formula is C28H42N4O5. The summed E-state index contributed by atoms with van der Waals surface area (Å²) in [6, 6.07) is 7.84. The van der Waals surface area contributed by atoms with Gasteiger partial charge in [0.15, 0.2) is 0 Å². The van der Waals surface area contributed by atoms with Crippen LogP contribution in [0.1, 0.15) is 45.4 Å². The molecule has 5 rings (SSSR count). The minimum Gasteiger partial charge on any atom is -0.493 e. The summed E-state index contributed by atoms with van der Waals surface area (Å²) >= 11 is 0. The maximum Gasteiger partial charge on any atom is 0.414 e. The van der Waals surface area contributed by atoms with Crippen LogP contribution in [0, 0.1) is 11.8 Å². The standard InChI is InChI=1S/C28H42N4O5/c1-19-15-32(13-10-25(19)34)22(17-33)16-31-11-8-21(9-12-31)29-28(35)37-27-14-23-24(30-27)6-3-7-26(23)36-18-20-4-2-5-20/h3,6-7,14,19-22,25,30,33-34H,2,4-5,8-13,15-18H2,1H3,(H,29,35)/t19-,22+,25-/m0/s1. The average molecular weight is 515 g/mol. The van der Waals surface area contributed by atoms with E-state index in [0.29, 0.717) is 11.8 Å². The van der Waals surface area contributed by atoms with Crippen LogP contribution >= 0.6 is 0 Å². The first-order chi connectivity index (χ1) is 18.0. The zero-order chi connectivity index (χ0) is 25.8. The van der Waals surface area contributed by atoms with E-state index in [1.54, 1.807) is 0 Å². The van der Waals surface area contributed by atoms with Crippen LogP contribution < -0.4 is 14.8 Å². The van der Waals surface area contributed by atoms with Crippen molar-refractivity contribution in [3.63, 3.8) is 0 Å². The summed E-state index contributed by atoms with van der Waals surface area (Å²) in [4.78, 5) is 20.5. The van der Waals surface area contributed by atoms with Gasteiger partial charge in [0, 0.05) is 56.3 Å². The number of benzene rings is 1. The van der Waals surface area contributed by atoms with Crippen molar-refractivity contribution in [2.45, 2.75) is 63.6 Å². The molecule has 9 heteroatoms. The number of aliphatic hydroxyl groups is 2. The van der Waals surface area contributed by atoms with Crippen molar-refractivity contribution in [3.05, 3.63) is 24.3 Å². The number of carbonyl (C=O) groups excluding carboxylic acids is 1. The predicted molar refractivity (Wildman–Crippen MR) is 142 cm³/mol. The lowest BCUT2D eigenvalue weighted by Gasteiger charge is -2.41. The number of aromatic nitrogens is 1. The number of amides is 1. The van der Waals surface area contributed by atoms with Crippen LogP contribution in [0.5, 0.6) is 11.6 Å². The van der Waals surface area contributed by atoms with Gasteiger partial charge in [0.2, 0.25) is 5.88 Å². The molecule has 37 heavy (non-hydrogen) atoms. The number of ether oxygens (including phenoxy) is 2. The topological polar surface area (TPSA) is 110 Å². The smallest absolute Gasteiger partial charge is 0.414 e. The molecule has 0 radical (unpaired) electrons. The fourth-order valence-corrected chi connectivity index (χ4v) is 5.79. The highest BCUT2D eigenvalue weighted by molar-refractivity contribution is 5.88. The molecule has 1 saturated carbocycles. The van der Waals surface area contributed by atoms with Crippen LogP contribution in [0.25, 0.3) is 10.9 Å². The van der Waals surface area contributed by atoms with Crippen molar-refractivity contribution in [3.8, 4) is 11.6 Å². The molecule has 2 aromatic rings. The zero-order valence-electron chi connectivity index (χ0n) is 21.9. The number of hydrogen-bond acceptors (Lipinski definition) is 7. The number of likely N-dealkylation sites (tertiary alicyclic amines) is 2. The van der Waals surface area contributed by atoms with Crippen molar-refractivity contribution >= 4 is 17.0 Å². The Morgan fingerprint density at radius 1 is 1.19 bits per heavy atom. The van der Waals surface area contributed by atoms with E-state index in [2.05, 4.69) is 27.0 Å². The van der Waals surface area contributed by atoms with Gasteiger partial charge in [-0.05, 0) is 56.1 Å². The second-order valence-electron chi connectivity index (χ2n) is 11.2. The molecule has 1 aromatic carbocycles. The molecule has 0 bridgehead atoms. The summed E-state index contributed by atoms with van der Waals surface area (Å²) in [5.74, 6) is 2.11. The van der Waals surface area contributed by atoms with E-state index in [0.717, 1.165) is 75.2 Å². The lowest BCUT2D eigenvalue weighted by atomic mass is 9.86. The molecule has 3 heterocycles. The SMILES string of the molecule is C[C@H]1CN([C@@H](CO)CN2CCC(NC(=O)Oc3cc4c(OCC5CCC5)cccc4[nH]3)CC2)CC[C@@H]1O. The van der Waals surface area contributed by atoms with Crippen LogP contribution in [-0.4, -0.2) is 95.2 Å². The molecule has 204 valence electrons. The van der Waals surface area contributed by atoms with Crippen LogP contribution in [0.3, 0.4) is 0 Å². The van der Waals surface area contributed by atoms with Crippen molar-refractivity contribution in [2.24, 2.45) is 11.8 Å². The van der Waals surface area contributed by atoms with E-state index in [1.807, 2.05) is 24.3 Å². The molecule has 3 atom stereocenters. The van der Waals surface area contributed by atoms with Crippen LogP contribution in [0.4, 0.5) is 4.79 Å². The van der Waals surface area contributed by atoms with Crippen LogP contribution in [-0.2, 0) is 0 Å². The second kappa shape index (κ2) is 12.0. The minimum absolute atomic E-state index is 0.0623. The summed E-state index contributed by atoms with van der Waals surface area (Å²) < 4.78 is 11.6. The Morgan fingerprint density at radius 2 is 2.00 bits per heavy atom. The first-order valence-electron chi connectivity index (χ1n) is 14.0. The van der Waals surface area contributed by atoms with Gasteiger partial charge < -0.3 is 34.9 Å². The largest absolute Gasteiger partial charge is 0.493 e. The monoisotopic (exact) mass is 514 g/mol. The molecular weight excluding hydrogens is 472 g/mol. The summed E-state index contributed by atoms with van der Waals surface area (Å²) in [6.45, 7) is 7.09. The normalized spacial score (nSPS) is 25.1. The Labute approximate surface area is 219 Å². The van der Waals surface area contributed by atoms with Gasteiger partial charge >= 0.3 is 6.09 Å². The molecule has 2 aliphatic heterocycles. The Bertz CT molecular complexity index is 1030. The third-order valence-electron chi connectivity index (χ3n) is 8.50. The summed E-state index contributed by atoms with van der Waals surface area (Å²) in [5, 5.41) is 23.9. The molecule has 1 amide bonds. The molecule has 3 aliphatic rings. The van der Waals surface area contributed by atoms with Crippen molar-refractivity contribution in [1.82, 2.24) is 20.1 Å². The highest BCUT2D eigenvalue weighted by Crippen LogP contribution is 2.32.